The average molecular weight is 658 g/mol. The van der Waals surface area contributed by atoms with Gasteiger partial charge >= 0.3 is 0 Å². The molecular weight excluding hydrogens is 621 g/mol. The molecule has 1 saturated heterocycles. The summed E-state index contributed by atoms with van der Waals surface area (Å²) in [7, 11) is 2.31. The molecule has 2 amide bonds. The first-order valence-corrected chi connectivity index (χ1v) is 15.9. The summed E-state index contributed by atoms with van der Waals surface area (Å²) in [5.41, 5.74) is -1.73. The van der Waals surface area contributed by atoms with Crippen molar-refractivity contribution in [3.63, 3.8) is 0 Å². The zero-order valence-electron chi connectivity index (χ0n) is 26.1. The lowest BCUT2D eigenvalue weighted by Gasteiger charge is -2.42. The Balaban J connectivity index is 1.89. The number of carbonyl (C=O) groups excluding carboxylic acids is 2. The smallest absolute Gasteiger partial charge is 0.274 e. The second-order valence-corrected chi connectivity index (χ2v) is 13.0. The third-order valence-corrected chi connectivity index (χ3v) is 10.2. The molecular formula is C32H36FN3O9S. The molecule has 3 aromatic rings. The highest BCUT2D eigenvalue weighted by molar-refractivity contribution is 7.93. The molecule has 2 aliphatic rings. The summed E-state index contributed by atoms with van der Waals surface area (Å²) in [6.45, 7) is -0.473. The molecule has 5 rings (SSSR count). The average Bonchev–Trinajstić information content (AvgIpc) is 3.54. The lowest BCUT2D eigenvalue weighted by molar-refractivity contribution is -0.138. The SMILES string of the molecule is COc1ccc(S(=O)(=O)N2C(=O)C(c3cc(CCO)ccc3OC)(N3C[C@H](O)C[C@H]3C(=O)N(C)C)c3cc(F)ccc32)c(OC)c1. The van der Waals surface area contributed by atoms with Crippen LogP contribution in [-0.4, -0.2) is 101 Å². The maximum atomic E-state index is 15.3. The summed E-state index contributed by atoms with van der Waals surface area (Å²) in [6, 6.07) is 11.0. The maximum Gasteiger partial charge on any atom is 0.274 e. The van der Waals surface area contributed by atoms with E-state index in [0.717, 1.165) is 12.1 Å². The van der Waals surface area contributed by atoms with Gasteiger partial charge in [0.1, 0.15) is 28.0 Å². The Morgan fingerprint density at radius 3 is 2.35 bits per heavy atom. The van der Waals surface area contributed by atoms with Crippen molar-refractivity contribution >= 4 is 27.5 Å². The van der Waals surface area contributed by atoms with E-state index < -0.39 is 45.3 Å². The number of β-amino-alcohol motifs (C(OH)–C–C–N with tert-alkyl or cyclic N) is 1. The number of benzene rings is 3. The van der Waals surface area contributed by atoms with E-state index in [1.807, 2.05) is 0 Å². The minimum Gasteiger partial charge on any atom is -0.497 e. The van der Waals surface area contributed by atoms with Crippen molar-refractivity contribution in [3.8, 4) is 17.2 Å². The van der Waals surface area contributed by atoms with E-state index in [-0.39, 0.29) is 59.2 Å². The lowest BCUT2D eigenvalue weighted by Crippen LogP contribution is -2.59. The van der Waals surface area contributed by atoms with Gasteiger partial charge in [0.15, 0.2) is 5.54 Å². The largest absolute Gasteiger partial charge is 0.497 e. The van der Waals surface area contributed by atoms with E-state index in [1.165, 1.54) is 69.5 Å². The van der Waals surface area contributed by atoms with Crippen molar-refractivity contribution in [1.82, 2.24) is 9.80 Å². The van der Waals surface area contributed by atoms with Crippen LogP contribution < -0.4 is 18.5 Å². The van der Waals surface area contributed by atoms with Crippen molar-refractivity contribution in [1.29, 1.82) is 0 Å². The highest BCUT2D eigenvalue weighted by Gasteiger charge is 2.64. The van der Waals surface area contributed by atoms with Gasteiger partial charge in [-0.3, -0.25) is 14.5 Å². The molecule has 3 atom stereocenters. The zero-order chi connectivity index (χ0) is 33.6. The fraction of sp³-hybridized carbons (Fsp3) is 0.375. The summed E-state index contributed by atoms with van der Waals surface area (Å²) in [5.74, 6) is -1.92. The van der Waals surface area contributed by atoms with Gasteiger partial charge in [-0.15, -0.1) is 0 Å². The lowest BCUT2D eigenvalue weighted by atomic mass is 9.80. The third-order valence-electron chi connectivity index (χ3n) is 8.44. The number of hydrogen-bond donors (Lipinski definition) is 2. The number of aliphatic hydroxyl groups is 2. The second kappa shape index (κ2) is 12.5. The number of amides is 2. The highest BCUT2D eigenvalue weighted by atomic mass is 32.2. The van der Waals surface area contributed by atoms with Gasteiger partial charge in [0.2, 0.25) is 5.91 Å². The number of carbonyl (C=O) groups is 2. The van der Waals surface area contributed by atoms with Gasteiger partial charge in [-0.1, -0.05) is 6.07 Å². The molecule has 2 heterocycles. The van der Waals surface area contributed by atoms with Crippen LogP contribution in [0.5, 0.6) is 17.2 Å². The number of sulfonamides is 1. The molecule has 246 valence electrons. The van der Waals surface area contributed by atoms with Gasteiger partial charge in [0.05, 0.1) is 39.2 Å². The van der Waals surface area contributed by atoms with Crippen LogP contribution in [0.2, 0.25) is 0 Å². The van der Waals surface area contributed by atoms with Crippen LogP contribution >= 0.6 is 0 Å². The van der Waals surface area contributed by atoms with Crippen LogP contribution in [0.3, 0.4) is 0 Å². The molecule has 0 saturated carbocycles. The summed E-state index contributed by atoms with van der Waals surface area (Å²) < 4.78 is 61.4. The Bertz CT molecular complexity index is 1780. The maximum absolute atomic E-state index is 15.3. The number of likely N-dealkylation sites (tertiary alicyclic amines) is 1. The Labute approximate surface area is 266 Å². The molecule has 46 heavy (non-hydrogen) atoms. The quantitative estimate of drug-likeness (QED) is 0.332. The molecule has 12 nitrogen and oxygen atoms in total. The molecule has 14 heteroatoms. The van der Waals surface area contributed by atoms with Crippen molar-refractivity contribution < 1.29 is 46.8 Å². The van der Waals surface area contributed by atoms with E-state index in [9.17, 15) is 23.4 Å². The van der Waals surface area contributed by atoms with Gasteiger partial charge < -0.3 is 29.3 Å². The molecule has 0 bridgehead atoms. The number of rotatable bonds is 10. The Hall–Kier alpha value is -4.24. The molecule has 0 aromatic heterocycles. The van der Waals surface area contributed by atoms with Gasteiger partial charge in [-0.05, 0) is 60.9 Å². The second-order valence-electron chi connectivity index (χ2n) is 11.3. The number of likely N-dealkylation sites (N-methyl/N-ethyl adjacent to an activating group) is 1. The van der Waals surface area contributed by atoms with Crippen molar-refractivity contribution in [2.45, 2.75) is 35.4 Å². The van der Waals surface area contributed by atoms with E-state index in [2.05, 4.69) is 0 Å². The predicted molar refractivity (Wildman–Crippen MR) is 165 cm³/mol. The molecule has 2 aliphatic heterocycles. The first kappa shape index (κ1) is 33.1. The molecule has 0 radical (unpaired) electrons. The Kier molecular flexibility index (Phi) is 9.01. The Morgan fingerprint density at radius 1 is 1.00 bits per heavy atom. The van der Waals surface area contributed by atoms with E-state index in [1.54, 1.807) is 18.2 Å². The summed E-state index contributed by atoms with van der Waals surface area (Å²) in [5, 5.41) is 20.7. The summed E-state index contributed by atoms with van der Waals surface area (Å²) >= 11 is 0. The predicted octanol–water partition coefficient (Wildman–Crippen LogP) is 1.89. The number of nitrogens with zero attached hydrogens (tertiary/aromatic N) is 3. The highest BCUT2D eigenvalue weighted by Crippen LogP contribution is 2.55. The normalized spacial score (nSPS) is 21.3. The molecule has 1 unspecified atom stereocenters. The van der Waals surface area contributed by atoms with E-state index in [4.69, 9.17) is 14.2 Å². The number of halogens is 1. The van der Waals surface area contributed by atoms with Crippen LogP contribution in [-0.2, 0) is 31.6 Å². The monoisotopic (exact) mass is 657 g/mol. The first-order chi connectivity index (χ1) is 21.9. The number of hydrogen-bond acceptors (Lipinski definition) is 10. The van der Waals surface area contributed by atoms with Crippen molar-refractivity contribution in [3.05, 3.63) is 77.1 Å². The fourth-order valence-corrected chi connectivity index (χ4v) is 8.01. The molecule has 2 N–H and O–H groups in total. The summed E-state index contributed by atoms with van der Waals surface area (Å²) in [4.78, 5) is 31.3. The van der Waals surface area contributed by atoms with Crippen LogP contribution in [0, 0.1) is 5.82 Å². The van der Waals surface area contributed by atoms with Crippen LogP contribution in [0.25, 0.3) is 0 Å². The van der Waals surface area contributed by atoms with Crippen molar-refractivity contribution in [2.24, 2.45) is 0 Å². The number of anilines is 1. The molecule has 0 spiro atoms. The van der Waals surface area contributed by atoms with Gasteiger partial charge in [0.25, 0.3) is 15.9 Å². The zero-order valence-corrected chi connectivity index (χ0v) is 26.9. The van der Waals surface area contributed by atoms with Crippen LogP contribution in [0.1, 0.15) is 23.1 Å². The minimum atomic E-state index is -4.78. The van der Waals surface area contributed by atoms with Crippen LogP contribution in [0.4, 0.5) is 10.1 Å². The minimum absolute atomic E-state index is 0.0707. The number of methoxy groups -OCH3 is 3. The molecule has 1 fully saturated rings. The number of fused-ring (bicyclic) bond motifs is 1. The topological polar surface area (TPSA) is 146 Å². The van der Waals surface area contributed by atoms with Gasteiger partial charge in [0, 0.05) is 44.4 Å². The fourth-order valence-electron chi connectivity index (χ4n) is 6.40. The molecule has 0 aliphatic carbocycles. The number of aliphatic hydroxyl groups excluding tert-OH is 2. The van der Waals surface area contributed by atoms with Gasteiger partial charge in [-0.2, -0.15) is 0 Å². The van der Waals surface area contributed by atoms with Gasteiger partial charge in [-0.25, -0.2) is 17.1 Å². The standard InChI is InChI=1S/C32H36FN3O9S/c1-34(2)30(39)26-16-21(38)18-35(26)32(24-14-19(12-13-37)6-10-27(24)44-4)23-15-20(33)7-9-25(23)36(31(32)40)46(41,42)29-11-8-22(43-3)17-28(29)45-5/h6-11,14-15,17,21,26,37-38H,12-13,16,18H2,1-5H3/t21-,26+,32?/m1/s1. The van der Waals surface area contributed by atoms with E-state index >= 15 is 9.18 Å². The first-order valence-electron chi connectivity index (χ1n) is 14.4. The number of ether oxygens (including phenoxy) is 3. The third kappa shape index (κ3) is 5.14. The van der Waals surface area contributed by atoms with E-state index in [0.29, 0.717) is 15.6 Å². The van der Waals surface area contributed by atoms with Crippen molar-refractivity contribution in [2.75, 3.05) is 52.9 Å². The van der Waals surface area contributed by atoms with Crippen LogP contribution in [0.15, 0.2) is 59.5 Å². The Morgan fingerprint density at radius 2 is 1.72 bits per heavy atom. The molecule has 3 aromatic carbocycles. The summed E-state index contributed by atoms with van der Waals surface area (Å²) in [6.07, 6.45) is -0.992.